The number of anilines is 1. The number of nitrogens with one attached hydrogen (secondary N) is 1. The normalized spacial score (nSPS) is 10.6. The van der Waals surface area contributed by atoms with E-state index < -0.39 is 0 Å². The summed E-state index contributed by atoms with van der Waals surface area (Å²) in [6.07, 6.45) is 0. The van der Waals surface area contributed by atoms with Gasteiger partial charge >= 0.3 is 0 Å². The molecule has 2 rings (SSSR count). The fourth-order valence-electron chi connectivity index (χ4n) is 1.05. The zero-order valence-corrected chi connectivity index (χ0v) is 8.88. The Bertz CT molecular complexity index is 426. The molecule has 3 nitrogen and oxygen atoms in total. The van der Waals surface area contributed by atoms with Crippen LogP contribution in [0.25, 0.3) is 9.53 Å². The zero-order valence-electron chi connectivity index (χ0n) is 7.25. The van der Waals surface area contributed by atoms with Gasteiger partial charge in [-0.05, 0) is 13.0 Å². The molecular formula is C8H8N2OS2. The van der Waals surface area contributed by atoms with Crippen molar-refractivity contribution in [1.82, 2.24) is 4.98 Å². The molecule has 13 heavy (non-hydrogen) atoms. The van der Waals surface area contributed by atoms with Gasteiger partial charge in [-0.1, -0.05) is 11.3 Å². The number of nitrogens with zero attached hydrogens (tertiary/aromatic N) is 1. The van der Waals surface area contributed by atoms with Gasteiger partial charge in [-0.15, -0.1) is 11.3 Å². The number of fused-ring (bicyclic) bond motifs is 1. The van der Waals surface area contributed by atoms with Crippen molar-refractivity contribution >= 4 is 43.2 Å². The van der Waals surface area contributed by atoms with Crippen LogP contribution in [-0.2, 0) is 4.79 Å². The van der Waals surface area contributed by atoms with Gasteiger partial charge < -0.3 is 5.32 Å². The van der Waals surface area contributed by atoms with Crippen molar-refractivity contribution < 1.29 is 4.79 Å². The molecule has 1 N–H and O–H groups in total. The number of aromatic nitrogens is 1. The molecule has 0 saturated carbocycles. The van der Waals surface area contributed by atoms with Crippen LogP contribution in [-0.4, -0.2) is 10.9 Å². The van der Waals surface area contributed by atoms with Gasteiger partial charge in [0.2, 0.25) is 5.91 Å². The third kappa shape index (κ3) is 1.71. The Labute approximate surface area is 83.4 Å². The van der Waals surface area contributed by atoms with Gasteiger partial charge in [0.15, 0.2) is 5.13 Å². The van der Waals surface area contributed by atoms with Gasteiger partial charge in [-0.3, -0.25) is 4.79 Å². The average molecular weight is 212 g/mol. The van der Waals surface area contributed by atoms with Gasteiger partial charge in [-0.2, -0.15) is 0 Å². The summed E-state index contributed by atoms with van der Waals surface area (Å²) in [7, 11) is 0. The number of thiophene rings is 1. The number of hydrogen-bond acceptors (Lipinski definition) is 4. The first-order chi connectivity index (χ1) is 6.15. The molecule has 68 valence electrons. The number of hydrogen-bond donors (Lipinski definition) is 1. The van der Waals surface area contributed by atoms with E-state index in [0.29, 0.717) is 5.13 Å². The van der Waals surface area contributed by atoms with E-state index in [-0.39, 0.29) is 5.91 Å². The van der Waals surface area contributed by atoms with Crippen LogP contribution >= 0.6 is 22.7 Å². The smallest absolute Gasteiger partial charge is 0.223 e. The highest BCUT2D eigenvalue weighted by atomic mass is 32.1. The quantitative estimate of drug-likeness (QED) is 0.789. The maximum absolute atomic E-state index is 10.7. The number of thiazole rings is 1. The largest absolute Gasteiger partial charge is 0.302 e. The molecule has 0 radical (unpaired) electrons. The molecule has 0 aliphatic carbocycles. The molecule has 0 saturated heterocycles. The van der Waals surface area contributed by atoms with Crippen LogP contribution in [0.5, 0.6) is 0 Å². The van der Waals surface area contributed by atoms with Crippen molar-refractivity contribution in [2.24, 2.45) is 0 Å². The van der Waals surface area contributed by atoms with Crippen molar-refractivity contribution in [3.63, 3.8) is 0 Å². The molecule has 5 heteroatoms. The number of carbonyl (C=O) groups is 1. The second kappa shape index (κ2) is 3.08. The molecule has 0 aliphatic heterocycles. The van der Waals surface area contributed by atoms with Crippen molar-refractivity contribution in [1.29, 1.82) is 0 Å². The summed E-state index contributed by atoms with van der Waals surface area (Å²) in [6, 6.07) is 2.09. The van der Waals surface area contributed by atoms with Crippen molar-refractivity contribution in [2.45, 2.75) is 13.8 Å². The molecule has 0 bridgehead atoms. The van der Waals surface area contributed by atoms with E-state index in [4.69, 9.17) is 0 Å². The number of carbonyl (C=O) groups excluding carboxylic acids is 1. The van der Waals surface area contributed by atoms with Crippen LogP contribution in [0.1, 0.15) is 11.8 Å². The molecule has 0 atom stereocenters. The lowest BCUT2D eigenvalue weighted by molar-refractivity contribution is -0.114. The first-order valence-electron chi connectivity index (χ1n) is 3.80. The van der Waals surface area contributed by atoms with E-state index in [1.165, 1.54) is 23.1 Å². The third-order valence-corrected chi connectivity index (χ3v) is 3.49. The van der Waals surface area contributed by atoms with Crippen LogP contribution in [0.2, 0.25) is 0 Å². The second-order valence-electron chi connectivity index (χ2n) is 2.73. The first-order valence-corrected chi connectivity index (χ1v) is 5.43. The fourth-order valence-corrected chi connectivity index (χ4v) is 3.12. The maximum Gasteiger partial charge on any atom is 0.223 e. The highest BCUT2D eigenvalue weighted by molar-refractivity contribution is 7.29. The Kier molecular flexibility index (Phi) is 2.05. The van der Waals surface area contributed by atoms with Gasteiger partial charge in [-0.25, -0.2) is 4.98 Å². The summed E-state index contributed by atoms with van der Waals surface area (Å²) >= 11 is 3.16. The Morgan fingerprint density at radius 2 is 2.31 bits per heavy atom. The average Bonchev–Trinajstić information content (AvgIpc) is 2.41. The van der Waals surface area contributed by atoms with Crippen molar-refractivity contribution in [3.8, 4) is 0 Å². The molecule has 0 unspecified atom stereocenters. The van der Waals surface area contributed by atoms with E-state index in [1.807, 2.05) is 0 Å². The van der Waals surface area contributed by atoms with Gasteiger partial charge in [0.05, 0.1) is 4.70 Å². The standard InChI is InChI=1S/C8H8N2OS2/c1-4-3-6-7(12-4)10-8(13-6)9-5(2)11/h3H,1-2H3,(H,9,10,11). The Balaban J connectivity index is 2.39. The summed E-state index contributed by atoms with van der Waals surface area (Å²) in [5.41, 5.74) is 0. The number of rotatable bonds is 1. The lowest BCUT2D eigenvalue weighted by Crippen LogP contribution is -2.04. The van der Waals surface area contributed by atoms with Crippen LogP contribution in [0.4, 0.5) is 5.13 Å². The molecule has 1 amide bonds. The molecule has 2 aromatic heterocycles. The van der Waals surface area contributed by atoms with Crippen LogP contribution in [0.15, 0.2) is 6.07 Å². The van der Waals surface area contributed by atoms with Crippen LogP contribution in [0, 0.1) is 6.92 Å². The van der Waals surface area contributed by atoms with E-state index in [0.717, 1.165) is 9.53 Å². The van der Waals surface area contributed by atoms with E-state index >= 15 is 0 Å². The molecule has 0 aromatic carbocycles. The monoisotopic (exact) mass is 212 g/mol. The maximum atomic E-state index is 10.7. The first kappa shape index (κ1) is 8.65. The predicted molar refractivity (Wildman–Crippen MR) is 56.5 cm³/mol. The summed E-state index contributed by atoms with van der Waals surface area (Å²) in [5, 5.41) is 3.36. The highest BCUT2D eigenvalue weighted by Gasteiger charge is 2.06. The fraction of sp³-hybridized carbons (Fsp3) is 0.250. The summed E-state index contributed by atoms with van der Waals surface area (Å²) in [6.45, 7) is 3.54. The lowest BCUT2D eigenvalue weighted by Gasteiger charge is -1.91. The molecule has 0 aliphatic rings. The number of aryl methyl sites for hydroxylation is 1. The molecule has 2 aromatic rings. The Morgan fingerprint density at radius 3 is 2.92 bits per heavy atom. The minimum absolute atomic E-state index is 0.0712. The minimum Gasteiger partial charge on any atom is -0.302 e. The third-order valence-electron chi connectivity index (χ3n) is 1.50. The highest BCUT2D eigenvalue weighted by Crippen LogP contribution is 2.32. The van der Waals surface area contributed by atoms with E-state index in [9.17, 15) is 4.79 Å². The predicted octanol–water partition coefficient (Wildman–Crippen LogP) is 2.62. The van der Waals surface area contributed by atoms with Crippen LogP contribution < -0.4 is 5.32 Å². The van der Waals surface area contributed by atoms with Crippen molar-refractivity contribution in [2.75, 3.05) is 5.32 Å². The van der Waals surface area contributed by atoms with Crippen LogP contribution in [0.3, 0.4) is 0 Å². The summed E-state index contributed by atoms with van der Waals surface area (Å²) in [5.74, 6) is -0.0712. The Hall–Kier alpha value is -0.940. The second-order valence-corrected chi connectivity index (χ2v) is 4.99. The minimum atomic E-state index is -0.0712. The zero-order chi connectivity index (χ0) is 9.42. The molecule has 0 spiro atoms. The van der Waals surface area contributed by atoms with Crippen molar-refractivity contribution in [3.05, 3.63) is 10.9 Å². The van der Waals surface area contributed by atoms with E-state index in [2.05, 4.69) is 23.3 Å². The summed E-state index contributed by atoms with van der Waals surface area (Å²) < 4.78 is 1.14. The van der Waals surface area contributed by atoms with E-state index in [1.54, 1.807) is 11.3 Å². The lowest BCUT2D eigenvalue weighted by atomic mass is 10.5. The Morgan fingerprint density at radius 1 is 1.54 bits per heavy atom. The summed E-state index contributed by atoms with van der Waals surface area (Å²) in [4.78, 5) is 17.3. The van der Waals surface area contributed by atoms with Gasteiger partial charge in [0.1, 0.15) is 4.83 Å². The van der Waals surface area contributed by atoms with Gasteiger partial charge in [0.25, 0.3) is 0 Å². The number of amides is 1. The molecular weight excluding hydrogens is 204 g/mol. The van der Waals surface area contributed by atoms with Gasteiger partial charge in [0, 0.05) is 11.8 Å². The molecule has 0 fully saturated rings. The topological polar surface area (TPSA) is 42.0 Å². The SMILES string of the molecule is CC(=O)Nc1nc2sc(C)cc2s1. The molecule has 2 heterocycles.